The van der Waals surface area contributed by atoms with Gasteiger partial charge in [-0.2, -0.15) is 0 Å². The first-order chi connectivity index (χ1) is 10.1. The van der Waals surface area contributed by atoms with Gasteiger partial charge < -0.3 is 5.32 Å². The summed E-state index contributed by atoms with van der Waals surface area (Å²) in [5, 5.41) is 3.10. The Labute approximate surface area is 139 Å². The maximum atomic E-state index is 12.4. The summed E-state index contributed by atoms with van der Waals surface area (Å²) in [5.41, 5.74) is 4.85. The summed E-state index contributed by atoms with van der Waals surface area (Å²) < 4.78 is 0.980. The first kappa shape index (κ1) is 14.6. The minimum Gasteiger partial charge on any atom is -0.345 e. The summed E-state index contributed by atoms with van der Waals surface area (Å²) in [6.45, 7) is 2.05. The van der Waals surface area contributed by atoms with Crippen LogP contribution in [0, 0.1) is 3.57 Å². The van der Waals surface area contributed by atoms with Crippen molar-refractivity contribution in [1.82, 2.24) is 5.32 Å². The van der Waals surface area contributed by atoms with E-state index in [-0.39, 0.29) is 11.9 Å². The van der Waals surface area contributed by atoms with Gasteiger partial charge in [0.05, 0.1) is 11.6 Å². The van der Waals surface area contributed by atoms with Crippen molar-refractivity contribution in [2.75, 3.05) is 0 Å². The monoisotopic (exact) mass is 391 g/mol. The third kappa shape index (κ3) is 3.12. The number of carbonyl (C=O) groups excluding carboxylic acids is 1. The second kappa shape index (κ2) is 6.18. The van der Waals surface area contributed by atoms with E-state index in [1.54, 1.807) is 0 Å². The highest BCUT2D eigenvalue weighted by molar-refractivity contribution is 14.1. The highest BCUT2D eigenvalue weighted by Gasteiger charge is 2.16. The summed E-state index contributed by atoms with van der Waals surface area (Å²) in [6, 6.07) is 14.3. The predicted molar refractivity (Wildman–Crippen MR) is 93.5 cm³/mol. The normalized spacial score (nSPS) is 14.6. The van der Waals surface area contributed by atoms with E-state index in [1.807, 2.05) is 31.2 Å². The minimum absolute atomic E-state index is 0.00648. The van der Waals surface area contributed by atoms with Crippen LogP contribution in [0.3, 0.4) is 0 Å². The molecule has 0 aromatic heterocycles. The van der Waals surface area contributed by atoms with Crippen LogP contribution in [0.5, 0.6) is 0 Å². The van der Waals surface area contributed by atoms with Gasteiger partial charge in [-0.15, -0.1) is 0 Å². The summed E-state index contributed by atoms with van der Waals surface area (Å²) in [6.07, 6.45) is 3.61. The fourth-order valence-electron chi connectivity index (χ4n) is 2.86. The molecule has 0 fully saturated rings. The number of amides is 1. The zero-order valence-electron chi connectivity index (χ0n) is 12.0. The fraction of sp³-hybridized carbons (Fsp3) is 0.278. The Morgan fingerprint density at radius 3 is 2.71 bits per heavy atom. The van der Waals surface area contributed by atoms with E-state index in [0.717, 1.165) is 9.13 Å². The fourth-order valence-corrected chi connectivity index (χ4v) is 3.50. The first-order valence-corrected chi connectivity index (χ1v) is 8.40. The number of benzene rings is 2. The van der Waals surface area contributed by atoms with Gasteiger partial charge >= 0.3 is 0 Å². The molecule has 0 radical (unpaired) electrons. The van der Waals surface area contributed by atoms with Gasteiger partial charge in [0.2, 0.25) is 0 Å². The van der Waals surface area contributed by atoms with Crippen molar-refractivity contribution in [3.8, 4) is 0 Å². The van der Waals surface area contributed by atoms with Crippen LogP contribution >= 0.6 is 22.6 Å². The molecule has 1 atom stereocenters. The van der Waals surface area contributed by atoms with Crippen LogP contribution in [-0.2, 0) is 12.8 Å². The van der Waals surface area contributed by atoms with Crippen molar-refractivity contribution in [1.29, 1.82) is 0 Å². The van der Waals surface area contributed by atoms with Crippen LogP contribution < -0.4 is 5.32 Å². The van der Waals surface area contributed by atoms with Crippen molar-refractivity contribution in [2.24, 2.45) is 0 Å². The second-order valence-corrected chi connectivity index (χ2v) is 6.72. The molecule has 1 N–H and O–H groups in total. The molecule has 1 unspecified atom stereocenters. The smallest absolute Gasteiger partial charge is 0.252 e. The largest absolute Gasteiger partial charge is 0.345 e. The molecule has 21 heavy (non-hydrogen) atoms. The molecule has 0 spiro atoms. The van der Waals surface area contributed by atoms with Crippen molar-refractivity contribution in [2.45, 2.75) is 32.2 Å². The average Bonchev–Trinajstić information content (AvgIpc) is 2.94. The molecule has 108 valence electrons. The highest BCUT2D eigenvalue weighted by atomic mass is 127. The van der Waals surface area contributed by atoms with Gasteiger partial charge in [0.1, 0.15) is 0 Å². The maximum Gasteiger partial charge on any atom is 0.252 e. The molecule has 1 aliphatic rings. The Morgan fingerprint density at radius 1 is 1.14 bits per heavy atom. The van der Waals surface area contributed by atoms with E-state index >= 15 is 0 Å². The van der Waals surface area contributed by atoms with Gasteiger partial charge in [-0.05, 0) is 77.6 Å². The number of hydrogen-bond donors (Lipinski definition) is 1. The Balaban J connectivity index is 1.76. The summed E-state index contributed by atoms with van der Waals surface area (Å²) >= 11 is 2.20. The molecule has 0 heterocycles. The number of aryl methyl sites for hydroxylation is 2. The molecule has 0 bridgehead atoms. The molecule has 0 saturated carbocycles. The van der Waals surface area contributed by atoms with Crippen molar-refractivity contribution in [3.63, 3.8) is 0 Å². The molecule has 1 amide bonds. The van der Waals surface area contributed by atoms with Gasteiger partial charge in [0.15, 0.2) is 0 Å². The van der Waals surface area contributed by atoms with Gasteiger partial charge in [-0.1, -0.05) is 30.3 Å². The predicted octanol–water partition coefficient (Wildman–Crippen LogP) is 4.27. The molecule has 3 rings (SSSR count). The SMILES string of the molecule is CC(NC(=O)c1ccccc1I)c1ccc2c(c1)CCC2. The summed E-state index contributed by atoms with van der Waals surface area (Å²) in [5.74, 6) is -0.00648. The number of fused-ring (bicyclic) bond motifs is 1. The Bertz CT molecular complexity index is 681. The van der Waals surface area contributed by atoms with Crippen LogP contribution in [0.2, 0.25) is 0 Å². The lowest BCUT2D eigenvalue weighted by atomic mass is 10.0. The molecule has 0 saturated heterocycles. The Hall–Kier alpha value is -1.36. The maximum absolute atomic E-state index is 12.4. The van der Waals surface area contributed by atoms with E-state index in [4.69, 9.17) is 0 Å². The molecule has 2 aromatic carbocycles. The van der Waals surface area contributed by atoms with E-state index < -0.39 is 0 Å². The quantitative estimate of drug-likeness (QED) is 0.778. The third-order valence-corrected chi connectivity index (χ3v) is 5.03. The zero-order valence-corrected chi connectivity index (χ0v) is 14.2. The average molecular weight is 391 g/mol. The van der Waals surface area contributed by atoms with Crippen LogP contribution in [0.1, 0.15) is 46.4 Å². The first-order valence-electron chi connectivity index (χ1n) is 7.32. The summed E-state index contributed by atoms with van der Waals surface area (Å²) in [4.78, 5) is 12.4. The lowest BCUT2D eigenvalue weighted by Crippen LogP contribution is -2.27. The number of nitrogens with one attached hydrogen (secondary N) is 1. The molecule has 2 aromatic rings. The number of carbonyl (C=O) groups is 1. The standard InChI is InChI=1S/C18H18INO/c1-12(14-10-9-13-5-4-6-15(13)11-14)20-18(21)16-7-2-3-8-17(16)19/h2-3,7-12H,4-6H2,1H3,(H,20,21). The van der Waals surface area contributed by atoms with E-state index in [2.05, 4.69) is 46.1 Å². The van der Waals surface area contributed by atoms with Crippen molar-refractivity contribution in [3.05, 3.63) is 68.3 Å². The molecule has 1 aliphatic carbocycles. The van der Waals surface area contributed by atoms with Crippen molar-refractivity contribution >= 4 is 28.5 Å². The summed E-state index contributed by atoms with van der Waals surface area (Å²) in [7, 11) is 0. The van der Waals surface area contributed by atoms with Crippen LogP contribution in [0.4, 0.5) is 0 Å². The van der Waals surface area contributed by atoms with Gasteiger partial charge in [-0.25, -0.2) is 0 Å². The molecule has 3 heteroatoms. The highest BCUT2D eigenvalue weighted by Crippen LogP contribution is 2.25. The topological polar surface area (TPSA) is 29.1 Å². The third-order valence-electron chi connectivity index (χ3n) is 4.09. The Morgan fingerprint density at radius 2 is 1.90 bits per heavy atom. The molecule has 2 nitrogen and oxygen atoms in total. The van der Waals surface area contributed by atoms with Gasteiger partial charge in [-0.3, -0.25) is 4.79 Å². The lowest BCUT2D eigenvalue weighted by molar-refractivity contribution is 0.0939. The minimum atomic E-state index is -0.00648. The molecular weight excluding hydrogens is 373 g/mol. The van der Waals surface area contributed by atoms with Crippen LogP contribution in [0.15, 0.2) is 42.5 Å². The number of halogens is 1. The van der Waals surface area contributed by atoms with E-state index in [1.165, 1.54) is 36.0 Å². The van der Waals surface area contributed by atoms with Crippen LogP contribution in [0.25, 0.3) is 0 Å². The lowest BCUT2D eigenvalue weighted by Gasteiger charge is -2.16. The number of hydrogen-bond acceptors (Lipinski definition) is 1. The zero-order chi connectivity index (χ0) is 14.8. The van der Waals surface area contributed by atoms with Crippen LogP contribution in [-0.4, -0.2) is 5.91 Å². The van der Waals surface area contributed by atoms with E-state index in [0.29, 0.717) is 0 Å². The van der Waals surface area contributed by atoms with Crippen molar-refractivity contribution < 1.29 is 4.79 Å². The number of rotatable bonds is 3. The molecule has 0 aliphatic heterocycles. The van der Waals surface area contributed by atoms with E-state index in [9.17, 15) is 4.79 Å². The second-order valence-electron chi connectivity index (χ2n) is 5.56. The van der Waals surface area contributed by atoms with Gasteiger partial charge in [0, 0.05) is 3.57 Å². The molecular formula is C18H18INO. The van der Waals surface area contributed by atoms with Gasteiger partial charge in [0.25, 0.3) is 5.91 Å². The Kier molecular flexibility index (Phi) is 4.29.